The number of hydrogen-bond acceptors (Lipinski definition) is 5. The van der Waals surface area contributed by atoms with E-state index in [0.717, 1.165) is 54.4 Å². The van der Waals surface area contributed by atoms with E-state index in [-0.39, 0.29) is 24.7 Å². The van der Waals surface area contributed by atoms with Gasteiger partial charge in [-0.3, -0.25) is 4.79 Å². The minimum absolute atomic E-state index is 0.144. The van der Waals surface area contributed by atoms with Crippen LogP contribution in [0.3, 0.4) is 0 Å². The Hall–Kier alpha value is -3.45. The van der Waals surface area contributed by atoms with Gasteiger partial charge in [0.2, 0.25) is 5.91 Å². The third kappa shape index (κ3) is 7.52. The van der Waals surface area contributed by atoms with Gasteiger partial charge in [0, 0.05) is 38.3 Å². The number of nitrogens with one attached hydrogen (secondary N) is 1. The van der Waals surface area contributed by atoms with Crippen molar-refractivity contribution in [2.45, 2.75) is 33.7 Å². The third-order valence-corrected chi connectivity index (χ3v) is 5.93. The van der Waals surface area contributed by atoms with Crippen molar-refractivity contribution in [1.82, 2.24) is 15.2 Å². The number of hydrogen-bond donors (Lipinski definition) is 1. The Morgan fingerprint density at radius 2 is 1.75 bits per heavy atom. The molecular weight excluding hydrogens is 455 g/mol. The lowest BCUT2D eigenvalue weighted by Crippen LogP contribution is -2.45. The number of halogens is 1. The molecule has 192 valence electrons. The van der Waals surface area contributed by atoms with Crippen LogP contribution in [0.1, 0.15) is 32.0 Å². The summed E-state index contributed by atoms with van der Waals surface area (Å²) >= 11 is 0. The summed E-state index contributed by atoms with van der Waals surface area (Å²) in [5, 5.41) is 2.86. The van der Waals surface area contributed by atoms with Crippen LogP contribution >= 0.6 is 0 Å². The Bertz CT molecular complexity index is 1110. The van der Waals surface area contributed by atoms with Gasteiger partial charge in [-0.15, -0.1) is 0 Å². The number of carbonyl (C=O) groups excluding carboxylic acids is 1. The molecule has 3 aromatic rings. The van der Waals surface area contributed by atoms with Gasteiger partial charge < -0.3 is 19.9 Å². The van der Waals surface area contributed by atoms with E-state index in [9.17, 15) is 9.18 Å². The molecule has 1 saturated heterocycles. The molecule has 1 N–H and O–H groups in total. The van der Waals surface area contributed by atoms with E-state index in [1.807, 2.05) is 57.2 Å². The summed E-state index contributed by atoms with van der Waals surface area (Å²) in [5.74, 6) is 1.28. The van der Waals surface area contributed by atoms with E-state index in [4.69, 9.17) is 9.72 Å². The molecule has 2 aromatic carbocycles. The van der Waals surface area contributed by atoms with E-state index in [2.05, 4.69) is 22.2 Å². The van der Waals surface area contributed by atoms with E-state index in [1.165, 1.54) is 12.1 Å². The van der Waals surface area contributed by atoms with Crippen molar-refractivity contribution in [3.63, 3.8) is 0 Å². The molecule has 1 amide bonds. The van der Waals surface area contributed by atoms with Gasteiger partial charge in [-0.2, -0.15) is 0 Å². The SMILES string of the molecule is CC.CCOc1ccc(-c2ccc(CC(=O)NCc3cccc(F)c3)nc2N2CCN(C)CC2)cc1. The summed E-state index contributed by atoms with van der Waals surface area (Å²) in [6.45, 7) is 10.6. The molecule has 1 aromatic heterocycles. The fourth-order valence-corrected chi connectivity index (χ4v) is 4.04. The highest BCUT2D eigenvalue weighted by molar-refractivity contribution is 5.80. The lowest BCUT2D eigenvalue weighted by Gasteiger charge is -2.34. The minimum atomic E-state index is -0.310. The molecule has 0 saturated carbocycles. The maximum absolute atomic E-state index is 13.4. The zero-order valence-corrected chi connectivity index (χ0v) is 21.8. The lowest BCUT2D eigenvalue weighted by molar-refractivity contribution is -0.120. The predicted octanol–water partition coefficient (Wildman–Crippen LogP) is 4.92. The van der Waals surface area contributed by atoms with Gasteiger partial charge in [-0.05, 0) is 61.5 Å². The fraction of sp³-hybridized carbons (Fsp3) is 0.379. The molecule has 0 radical (unpaired) electrons. The molecule has 0 aliphatic carbocycles. The van der Waals surface area contributed by atoms with Crippen LogP contribution in [0.4, 0.5) is 10.2 Å². The highest BCUT2D eigenvalue weighted by Crippen LogP contribution is 2.31. The van der Waals surface area contributed by atoms with Gasteiger partial charge in [0.25, 0.3) is 0 Å². The van der Waals surface area contributed by atoms with E-state index in [0.29, 0.717) is 12.3 Å². The second kappa shape index (κ2) is 13.6. The number of aromatic nitrogens is 1. The average Bonchev–Trinajstić information content (AvgIpc) is 2.90. The number of anilines is 1. The van der Waals surface area contributed by atoms with Gasteiger partial charge in [0.15, 0.2) is 0 Å². The summed E-state index contributed by atoms with van der Waals surface area (Å²) < 4.78 is 19.0. The summed E-state index contributed by atoms with van der Waals surface area (Å²) in [6.07, 6.45) is 0.166. The summed E-state index contributed by atoms with van der Waals surface area (Å²) in [6, 6.07) is 18.2. The lowest BCUT2D eigenvalue weighted by atomic mass is 10.0. The molecule has 6 nitrogen and oxygen atoms in total. The maximum atomic E-state index is 13.4. The largest absolute Gasteiger partial charge is 0.494 e. The third-order valence-electron chi connectivity index (χ3n) is 5.93. The quantitative estimate of drug-likeness (QED) is 0.484. The molecule has 36 heavy (non-hydrogen) atoms. The second-order valence-electron chi connectivity index (χ2n) is 8.50. The maximum Gasteiger partial charge on any atom is 0.226 e. The number of rotatable bonds is 8. The van der Waals surface area contributed by atoms with Crippen LogP contribution in [0.25, 0.3) is 11.1 Å². The smallest absolute Gasteiger partial charge is 0.226 e. The van der Waals surface area contributed by atoms with Crippen LogP contribution in [0.5, 0.6) is 5.75 Å². The van der Waals surface area contributed by atoms with Crippen molar-refractivity contribution in [2.24, 2.45) is 0 Å². The van der Waals surface area contributed by atoms with Gasteiger partial charge in [-0.1, -0.05) is 38.1 Å². The molecule has 0 bridgehead atoms. The van der Waals surface area contributed by atoms with E-state index >= 15 is 0 Å². The molecule has 0 unspecified atom stereocenters. The Balaban J connectivity index is 0.00000176. The van der Waals surface area contributed by atoms with Gasteiger partial charge in [-0.25, -0.2) is 9.37 Å². The topological polar surface area (TPSA) is 57.7 Å². The van der Waals surface area contributed by atoms with Crippen molar-refractivity contribution in [3.05, 3.63) is 77.7 Å². The van der Waals surface area contributed by atoms with Crippen molar-refractivity contribution < 1.29 is 13.9 Å². The zero-order chi connectivity index (χ0) is 25.9. The number of amides is 1. The summed E-state index contributed by atoms with van der Waals surface area (Å²) in [7, 11) is 2.12. The Labute approximate surface area is 214 Å². The first-order chi connectivity index (χ1) is 17.5. The predicted molar refractivity (Wildman–Crippen MR) is 144 cm³/mol. The molecule has 1 aliphatic heterocycles. The number of ether oxygens (including phenoxy) is 1. The van der Waals surface area contributed by atoms with E-state index < -0.39 is 0 Å². The molecule has 0 atom stereocenters. The summed E-state index contributed by atoms with van der Waals surface area (Å²) in [5.41, 5.74) is 3.54. The molecule has 4 rings (SSSR count). The number of nitrogens with zero attached hydrogens (tertiary/aromatic N) is 3. The molecule has 2 heterocycles. The minimum Gasteiger partial charge on any atom is -0.494 e. The van der Waals surface area contributed by atoms with Crippen molar-refractivity contribution in [3.8, 4) is 16.9 Å². The number of benzene rings is 2. The van der Waals surface area contributed by atoms with Crippen molar-refractivity contribution >= 4 is 11.7 Å². The normalized spacial score (nSPS) is 13.5. The monoisotopic (exact) mass is 492 g/mol. The Morgan fingerprint density at radius 3 is 2.42 bits per heavy atom. The highest BCUT2D eigenvalue weighted by Gasteiger charge is 2.20. The Kier molecular flexibility index (Phi) is 10.2. The van der Waals surface area contributed by atoms with Crippen LogP contribution in [0.15, 0.2) is 60.7 Å². The van der Waals surface area contributed by atoms with Crippen LogP contribution in [-0.2, 0) is 17.8 Å². The fourth-order valence-electron chi connectivity index (χ4n) is 4.04. The first-order valence-corrected chi connectivity index (χ1v) is 12.7. The molecular formula is C29H37FN4O2. The van der Waals surface area contributed by atoms with Gasteiger partial charge in [0.1, 0.15) is 17.4 Å². The first-order valence-electron chi connectivity index (χ1n) is 12.7. The zero-order valence-electron chi connectivity index (χ0n) is 21.8. The van der Waals surface area contributed by atoms with Gasteiger partial charge >= 0.3 is 0 Å². The Morgan fingerprint density at radius 1 is 1.03 bits per heavy atom. The van der Waals surface area contributed by atoms with E-state index in [1.54, 1.807) is 12.1 Å². The number of likely N-dealkylation sites (N-methyl/N-ethyl adjacent to an activating group) is 1. The standard InChI is InChI=1S/C27H31FN4O2.C2H6/c1-3-34-24-10-7-21(8-11-24)25-12-9-23(30-27(25)32-15-13-31(2)14-16-32)18-26(33)29-19-20-5-4-6-22(28)17-20;1-2/h4-12,17H,3,13-16,18-19H2,1-2H3,(H,29,33);1-2H3. The van der Waals surface area contributed by atoms with Crippen LogP contribution in [0.2, 0.25) is 0 Å². The number of carbonyl (C=O) groups is 1. The average molecular weight is 493 g/mol. The van der Waals surface area contributed by atoms with Crippen LogP contribution in [0, 0.1) is 5.82 Å². The van der Waals surface area contributed by atoms with Crippen molar-refractivity contribution in [1.29, 1.82) is 0 Å². The van der Waals surface area contributed by atoms with Crippen LogP contribution < -0.4 is 15.0 Å². The summed E-state index contributed by atoms with van der Waals surface area (Å²) in [4.78, 5) is 22.1. The first kappa shape index (κ1) is 27.1. The highest BCUT2D eigenvalue weighted by atomic mass is 19.1. The second-order valence-corrected chi connectivity index (χ2v) is 8.50. The van der Waals surface area contributed by atoms with Gasteiger partial charge in [0.05, 0.1) is 18.7 Å². The van der Waals surface area contributed by atoms with Crippen LogP contribution in [-0.4, -0.2) is 55.6 Å². The number of piperazine rings is 1. The molecule has 0 spiro atoms. The molecule has 1 fully saturated rings. The van der Waals surface area contributed by atoms with Crippen molar-refractivity contribution in [2.75, 3.05) is 44.7 Å². The molecule has 7 heteroatoms. The molecule has 1 aliphatic rings. The number of pyridine rings is 1.